The van der Waals surface area contributed by atoms with Gasteiger partial charge in [-0.1, -0.05) is 12.1 Å². The first-order valence-electron chi connectivity index (χ1n) is 6.06. The maximum Gasteiger partial charge on any atom is 0.0760 e. The molecule has 0 aliphatic carbocycles. The molecule has 0 saturated carbocycles. The molecule has 4 nitrogen and oxygen atoms in total. The minimum Gasteiger partial charge on any atom is -0.361 e. The van der Waals surface area contributed by atoms with E-state index in [0.717, 1.165) is 17.8 Å². The Balaban J connectivity index is 1.95. The highest BCUT2D eigenvalue weighted by molar-refractivity contribution is 5.84. The Morgan fingerprint density at radius 3 is 2.94 bits per heavy atom. The Kier molecular flexibility index (Phi) is 2.64. The van der Waals surface area contributed by atoms with Crippen LogP contribution in [0.4, 0.5) is 0 Å². The maximum atomic E-state index is 5.56. The van der Waals surface area contributed by atoms with Gasteiger partial charge in [0.2, 0.25) is 0 Å². The van der Waals surface area contributed by atoms with Crippen LogP contribution in [0.25, 0.3) is 10.9 Å². The molecule has 4 heteroatoms. The standard InChI is InChI=1S/C14H16N4/c1-9-2-3-13-10(8-16-14(13)4-9)5-11-6-12(7-15)18-17-11/h2-4,6,8,16H,5,7,15H2,1H3,(H,17,18). The lowest BCUT2D eigenvalue weighted by Crippen LogP contribution is -1.95. The Hall–Kier alpha value is -2.07. The van der Waals surface area contributed by atoms with Crippen molar-refractivity contribution in [3.05, 3.63) is 53.0 Å². The van der Waals surface area contributed by atoms with Gasteiger partial charge in [-0.3, -0.25) is 5.10 Å². The predicted molar refractivity (Wildman–Crippen MR) is 72.3 cm³/mol. The summed E-state index contributed by atoms with van der Waals surface area (Å²) in [6.07, 6.45) is 2.91. The molecule has 0 atom stereocenters. The van der Waals surface area contributed by atoms with Gasteiger partial charge in [-0.2, -0.15) is 5.10 Å². The van der Waals surface area contributed by atoms with Gasteiger partial charge in [-0.25, -0.2) is 0 Å². The molecule has 4 N–H and O–H groups in total. The van der Waals surface area contributed by atoms with Crippen LogP contribution in [0, 0.1) is 6.92 Å². The molecule has 0 spiro atoms. The van der Waals surface area contributed by atoms with Gasteiger partial charge in [0.15, 0.2) is 0 Å². The first-order chi connectivity index (χ1) is 8.76. The summed E-state index contributed by atoms with van der Waals surface area (Å²) in [6.45, 7) is 2.58. The zero-order valence-electron chi connectivity index (χ0n) is 10.3. The highest BCUT2D eigenvalue weighted by Crippen LogP contribution is 2.21. The van der Waals surface area contributed by atoms with Gasteiger partial charge in [-0.05, 0) is 30.2 Å². The summed E-state index contributed by atoms with van der Waals surface area (Å²) < 4.78 is 0. The number of rotatable bonds is 3. The Labute approximate surface area is 105 Å². The number of nitrogens with two attached hydrogens (primary N) is 1. The smallest absolute Gasteiger partial charge is 0.0760 e. The van der Waals surface area contributed by atoms with E-state index in [1.54, 1.807) is 0 Å². The molecule has 0 aliphatic rings. The molecule has 3 rings (SSSR count). The molecule has 2 heterocycles. The molecule has 0 saturated heterocycles. The van der Waals surface area contributed by atoms with Crippen molar-refractivity contribution in [1.82, 2.24) is 15.2 Å². The molecule has 0 radical (unpaired) electrons. The lowest BCUT2D eigenvalue weighted by molar-refractivity contribution is 0.929. The molecule has 2 aromatic heterocycles. The van der Waals surface area contributed by atoms with Crippen molar-refractivity contribution >= 4 is 10.9 Å². The molecule has 18 heavy (non-hydrogen) atoms. The lowest BCUT2D eigenvalue weighted by atomic mass is 10.1. The summed E-state index contributed by atoms with van der Waals surface area (Å²) >= 11 is 0. The first kappa shape index (κ1) is 11.0. The number of H-pyrrole nitrogens is 2. The van der Waals surface area contributed by atoms with Crippen molar-refractivity contribution in [2.24, 2.45) is 5.73 Å². The van der Waals surface area contributed by atoms with Crippen molar-refractivity contribution in [2.45, 2.75) is 19.9 Å². The summed E-state index contributed by atoms with van der Waals surface area (Å²) in [4.78, 5) is 3.31. The number of nitrogens with zero attached hydrogens (tertiary/aromatic N) is 1. The minimum absolute atomic E-state index is 0.476. The number of fused-ring (bicyclic) bond motifs is 1. The van der Waals surface area contributed by atoms with Gasteiger partial charge in [0.05, 0.1) is 5.69 Å². The van der Waals surface area contributed by atoms with Crippen molar-refractivity contribution in [3.63, 3.8) is 0 Å². The van der Waals surface area contributed by atoms with Crippen molar-refractivity contribution in [2.75, 3.05) is 0 Å². The number of nitrogens with one attached hydrogen (secondary N) is 2. The van der Waals surface area contributed by atoms with Crippen molar-refractivity contribution in [3.8, 4) is 0 Å². The molecule has 92 valence electrons. The van der Waals surface area contributed by atoms with Gasteiger partial charge in [-0.15, -0.1) is 0 Å². The van der Waals surface area contributed by atoms with Crippen molar-refractivity contribution < 1.29 is 0 Å². The van der Waals surface area contributed by atoms with Gasteiger partial charge >= 0.3 is 0 Å². The van der Waals surface area contributed by atoms with Gasteiger partial charge in [0.1, 0.15) is 0 Å². The summed E-state index contributed by atoms with van der Waals surface area (Å²) in [5.74, 6) is 0. The first-order valence-corrected chi connectivity index (χ1v) is 6.06. The lowest BCUT2D eigenvalue weighted by Gasteiger charge is -1.97. The molecular weight excluding hydrogens is 224 g/mol. The summed E-state index contributed by atoms with van der Waals surface area (Å²) in [7, 11) is 0. The zero-order chi connectivity index (χ0) is 12.5. The maximum absolute atomic E-state index is 5.56. The third kappa shape index (κ3) is 1.91. The second kappa shape index (κ2) is 4.31. The van der Waals surface area contributed by atoms with E-state index >= 15 is 0 Å². The van der Waals surface area contributed by atoms with Crippen LogP contribution in [-0.2, 0) is 13.0 Å². The highest BCUT2D eigenvalue weighted by Gasteiger charge is 2.06. The quantitative estimate of drug-likeness (QED) is 0.657. The summed E-state index contributed by atoms with van der Waals surface area (Å²) in [5.41, 5.74) is 11.3. The van der Waals surface area contributed by atoms with E-state index in [1.807, 2.05) is 6.07 Å². The van der Waals surface area contributed by atoms with E-state index in [0.29, 0.717) is 6.54 Å². The number of aryl methyl sites for hydroxylation is 1. The number of hydrogen-bond donors (Lipinski definition) is 3. The zero-order valence-corrected chi connectivity index (χ0v) is 10.3. The average molecular weight is 240 g/mol. The average Bonchev–Trinajstić information content (AvgIpc) is 2.97. The largest absolute Gasteiger partial charge is 0.361 e. The van der Waals surface area contributed by atoms with E-state index in [9.17, 15) is 0 Å². The number of hydrogen-bond acceptors (Lipinski definition) is 2. The summed E-state index contributed by atoms with van der Waals surface area (Å²) in [6, 6.07) is 8.48. The third-order valence-corrected chi connectivity index (χ3v) is 3.20. The van der Waals surface area contributed by atoms with E-state index in [2.05, 4.69) is 46.5 Å². The van der Waals surface area contributed by atoms with Crippen LogP contribution in [0.5, 0.6) is 0 Å². The van der Waals surface area contributed by atoms with Crippen molar-refractivity contribution in [1.29, 1.82) is 0 Å². The number of benzene rings is 1. The normalized spacial score (nSPS) is 11.2. The SMILES string of the molecule is Cc1ccc2c(Cc3cc(CN)n[nH]3)c[nH]c2c1. The summed E-state index contributed by atoms with van der Waals surface area (Å²) in [5, 5.41) is 8.44. The molecule has 1 aromatic carbocycles. The monoisotopic (exact) mass is 240 g/mol. The van der Waals surface area contributed by atoms with E-state index in [4.69, 9.17) is 5.73 Å². The van der Waals surface area contributed by atoms with E-state index in [-0.39, 0.29) is 0 Å². The number of aromatic nitrogens is 3. The fourth-order valence-corrected chi connectivity index (χ4v) is 2.26. The molecule has 3 aromatic rings. The Morgan fingerprint density at radius 1 is 1.28 bits per heavy atom. The van der Waals surface area contributed by atoms with Gasteiger partial charge < -0.3 is 10.7 Å². The predicted octanol–water partition coefficient (Wildman–Crippen LogP) is 2.25. The third-order valence-electron chi connectivity index (χ3n) is 3.20. The van der Waals surface area contributed by atoms with Crippen LogP contribution in [0.15, 0.2) is 30.5 Å². The fraction of sp³-hybridized carbons (Fsp3) is 0.214. The highest BCUT2D eigenvalue weighted by atomic mass is 15.1. The fourth-order valence-electron chi connectivity index (χ4n) is 2.26. The molecule has 0 amide bonds. The molecular formula is C14H16N4. The topological polar surface area (TPSA) is 70.5 Å². The van der Waals surface area contributed by atoms with Crippen LogP contribution in [0.2, 0.25) is 0 Å². The minimum atomic E-state index is 0.476. The van der Waals surface area contributed by atoms with Gasteiger partial charge in [0, 0.05) is 35.8 Å². The molecule has 0 fully saturated rings. The van der Waals surface area contributed by atoms with E-state index < -0.39 is 0 Å². The van der Waals surface area contributed by atoms with Crippen LogP contribution < -0.4 is 5.73 Å². The molecule has 0 unspecified atom stereocenters. The van der Waals surface area contributed by atoms with Crippen LogP contribution >= 0.6 is 0 Å². The Morgan fingerprint density at radius 2 is 2.17 bits per heavy atom. The number of aromatic amines is 2. The second-order valence-corrected chi connectivity index (χ2v) is 4.63. The van der Waals surface area contributed by atoms with Gasteiger partial charge in [0.25, 0.3) is 0 Å². The van der Waals surface area contributed by atoms with Crippen LogP contribution in [-0.4, -0.2) is 15.2 Å². The molecule has 0 bridgehead atoms. The second-order valence-electron chi connectivity index (χ2n) is 4.63. The van der Waals surface area contributed by atoms with E-state index in [1.165, 1.54) is 22.0 Å². The molecule has 0 aliphatic heterocycles. The Bertz CT molecular complexity index is 678. The van der Waals surface area contributed by atoms with Crippen LogP contribution in [0.1, 0.15) is 22.5 Å². The van der Waals surface area contributed by atoms with Crippen LogP contribution in [0.3, 0.4) is 0 Å².